The van der Waals surface area contributed by atoms with Gasteiger partial charge in [0.2, 0.25) is 0 Å². The van der Waals surface area contributed by atoms with Gasteiger partial charge in [0.25, 0.3) is 5.69 Å². The molecule has 2 rings (SSSR count). The standard InChI is InChI=1S/C19H24N4O3.HI/c1-13(2)11-20-19(22-15(4)18-10-5-14(3)26-18)21-12-16-6-8-17(9-7-16)23(24)25;/h5-10,15H,1,11-12H2,2-4H3,(H2,20,21,22);1H. The number of rotatable bonds is 7. The summed E-state index contributed by atoms with van der Waals surface area (Å²) in [4.78, 5) is 14.9. The van der Waals surface area contributed by atoms with Crippen molar-refractivity contribution < 1.29 is 9.34 Å². The zero-order valence-corrected chi connectivity index (χ0v) is 18.0. The van der Waals surface area contributed by atoms with Crippen LogP contribution >= 0.6 is 24.0 Å². The SMILES string of the molecule is C=C(C)CNC(=NCc1ccc([N+](=O)[O-])cc1)NC(C)c1ccc(C)o1.I. The number of nitrogens with zero attached hydrogens (tertiary/aromatic N) is 2. The molecule has 1 heterocycles. The second-order valence-electron chi connectivity index (χ2n) is 6.21. The van der Waals surface area contributed by atoms with Crippen LogP contribution in [-0.4, -0.2) is 17.4 Å². The lowest BCUT2D eigenvalue weighted by atomic mass is 10.2. The Morgan fingerprint density at radius 1 is 1.30 bits per heavy atom. The minimum atomic E-state index is -0.415. The first kappa shape index (κ1) is 22.7. The molecule has 0 fully saturated rings. The van der Waals surface area contributed by atoms with Crippen molar-refractivity contribution in [3.05, 3.63) is 75.7 Å². The van der Waals surface area contributed by atoms with Gasteiger partial charge >= 0.3 is 0 Å². The molecule has 1 unspecified atom stereocenters. The number of aliphatic imine (C=N–C) groups is 1. The van der Waals surface area contributed by atoms with Crippen molar-refractivity contribution in [2.45, 2.75) is 33.4 Å². The van der Waals surface area contributed by atoms with E-state index in [0.29, 0.717) is 19.0 Å². The van der Waals surface area contributed by atoms with E-state index in [0.717, 1.165) is 22.7 Å². The van der Waals surface area contributed by atoms with Crippen molar-refractivity contribution in [3.63, 3.8) is 0 Å². The summed E-state index contributed by atoms with van der Waals surface area (Å²) < 4.78 is 5.64. The van der Waals surface area contributed by atoms with Crippen molar-refractivity contribution in [1.82, 2.24) is 10.6 Å². The smallest absolute Gasteiger partial charge is 0.269 e. The molecule has 0 aliphatic heterocycles. The van der Waals surface area contributed by atoms with Gasteiger partial charge in [-0.15, -0.1) is 24.0 Å². The van der Waals surface area contributed by atoms with E-state index >= 15 is 0 Å². The highest BCUT2D eigenvalue weighted by Crippen LogP contribution is 2.16. The van der Waals surface area contributed by atoms with E-state index in [-0.39, 0.29) is 35.7 Å². The molecule has 0 radical (unpaired) electrons. The summed E-state index contributed by atoms with van der Waals surface area (Å²) in [6.45, 7) is 10.7. The maximum atomic E-state index is 10.7. The molecule has 0 spiro atoms. The quantitative estimate of drug-likeness (QED) is 0.151. The van der Waals surface area contributed by atoms with Crippen LogP contribution in [0.3, 0.4) is 0 Å². The Hall–Kier alpha value is -2.36. The fourth-order valence-electron chi connectivity index (χ4n) is 2.24. The van der Waals surface area contributed by atoms with Crippen LogP contribution in [0.2, 0.25) is 0 Å². The minimum absolute atomic E-state index is 0. The molecular weight excluding hydrogens is 459 g/mol. The van der Waals surface area contributed by atoms with Crippen LogP contribution in [-0.2, 0) is 6.54 Å². The predicted octanol–water partition coefficient (Wildman–Crippen LogP) is 4.49. The minimum Gasteiger partial charge on any atom is -0.464 e. The first-order valence-electron chi connectivity index (χ1n) is 8.34. The number of nitrogens with one attached hydrogen (secondary N) is 2. The highest BCUT2D eigenvalue weighted by Gasteiger charge is 2.11. The Morgan fingerprint density at radius 2 is 1.96 bits per heavy atom. The van der Waals surface area contributed by atoms with Crippen LogP contribution < -0.4 is 10.6 Å². The normalized spacial score (nSPS) is 12.0. The van der Waals surface area contributed by atoms with Crippen LogP contribution in [0.1, 0.15) is 37.0 Å². The van der Waals surface area contributed by atoms with E-state index in [1.54, 1.807) is 12.1 Å². The number of guanidine groups is 1. The lowest BCUT2D eigenvalue weighted by Crippen LogP contribution is -2.39. The fourth-order valence-corrected chi connectivity index (χ4v) is 2.24. The summed E-state index contributed by atoms with van der Waals surface area (Å²) in [5, 5.41) is 17.2. The van der Waals surface area contributed by atoms with Gasteiger partial charge in [-0.3, -0.25) is 10.1 Å². The van der Waals surface area contributed by atoms with Gasteiger partial charge in [0.15, 0.2) is 5.96 Å². The summed E-state index contributed by atoms with van der Waals surface area (Å²) in [5.74, 6) is 2.29. The van der Waals surface area contributed by atoms with E-state index in [9.17, 15) is 10.1 Å². The van der Waals surface area contributed by atoms with Gasteiger partial charge in [-0.2, -0.15) is 0 Å². The van der Waals surface area contributed by atoms with Crippen molar-refractivity contribution >= 4 is 35.6 Å². The van der Waals surface area contributed by atoms with E-state index in [2.05, 4.69) is 22.2 Å². The first-order chi connectivity index (χ1) is 12.3. The third-order valence-electron chi connectivity index (χ3n) is 3.67. The van der Waals surface area contributed by atoms with E-state index in [1.165, 1.54) is 12.1 Å². The van der Waals surface area contributed by atoms with Crippen LogP contribution in [0.5, 0.6) is 0 Å². The first-order valence-corrected chi connectivity index (χ1v) is 8.34. The Labute approximate surface area is 176 Å². The Morgan fingerprint density at radius 3 is 2.48 bits per heavy atom. The summed E-state index contributed by atoms with van der Waals surface area (Å²) in [6, 6.07) is 10.2. The Bertz CT molecular complexity index is 800. The van der Waals surface area contributed by atoms with E-state index in [1.807, 2.05) is 32.9 Å². The van der Waals surface area contributed by atoms with Gasteiger partial charge in [-0.25, -0.2) is 4.99 Å². The van der Waals surface area contributed by atoms with Crippen LogP contribution in [0.4, 0.5) is 5.69 Å². The summed E-state index contributed by atoms with van der Waals surface area (Å²) in [5.41, 5.74) is 1.93. The van der Waals surface area contributed by atoms with Crippen molar-refractivity contribution in [2.75, 3.05) is 6.54 Å². The lowest BCUT2D eigenvalue weighted by molar-refractivity contribution is -0.384. The van der Waals surface area contributed by atoms with Crippen LogP contribution in [0.15, 0.2) is 58.0 Å². The molecule has 7 nitrogen and oxygen atoms in total. The molecule has 0 bridgehead atoms. The monoisotopic (exact) mass is 484 g/mol. The molecule has 146 valence electrons. The van der Waals surface area contributed by atoms with E-state index < -0.39 is 4.92 Å². The van der Waals surface area contributed by atoms with E-state index in [4.69, 9.17) is 4.42 Å². The van der Waals surface area contributed by atoms with Gasteiger partial charge < -0.3 is 15.1 Å². The third-order valence-corrected chi connectivity index (χ3v) is 3.67. The molecule has 0 saturated carbocycles. The largest absolute Gasteiger partial charge is 0.464 e. The van der Waals surface area contributed by atoms with Gasteiger partial charge in [-0.1, -0.05) is 24.3 Å². The zero-order valence-electron chi connectivity index (χ0n) is 15.7. The number of halogens is 1. The molecule has 0 amide bonds. The summed E-state index contributed by atoms with van der Waals surface area (Å²) >= 11 is 0. The molecule has 2 N–H and O–H groups in total. The average molecular weight is 484 g/mol. The highest BCUT2D eigenvalue weighted by atomic mass is 127. The number of benzene rings is 1. The molecule has 1 atom stereocenters. The molecule has 1 aromatic heterocycles. The van der Waals surface area contributed by atoms with Crippen LogP contribution in [0, 0.1) is 17.0 Å². The number of non-ortho nitro benzene ring substituents is 1. The molecule has 0 aliphatic carbocycles. The fraction of sp³-hybridized carbons (Fsp3) is 0.316. The zero-order chi connectivity index (χ0) is 19.1. The average Bonchev–Trinajstić information content (AvgIpc) is 3.04. The number of aryl methyl sites for hydroxylation is 1. The van der Waals surface area contributed by atoms with Crippen molar-refractivity contribution in [1.29, 1.82) is 0 Å². The van der Waals surface area contributed by atoms with Crippen molar-refractivity contribution in [3.8, 4) is 0 Å². The second-order valence-corrected chi connectivity index (χ2v) is 6.21. The third kappa shape index (κ3) is 7.41. The number of hydrogen-bond donors (Lipinski definition) is 2. The summed E-state index contributed by atoms with van der Waals surface area (Å²) in [7, 11) is 0. The van der Waals surface area contributed by atoms with Gasteiger partial charge in [0.1, 0.15) is 11.5 Å². The maximum absolute atomic E-state index is 10.7. The molecule has 0 saturated heterocycles. The van der Waals surface area contributed by atoms with Crippen molar-refractivity contribution in [2.24, 2.45) is 4.99 Å². The molecule has 8 heteroatoms. The van der Waals surface area contributed by atoms with Gasteiger partial charge in [0, 0.05) is 18.7 Å². The molecule has 27 heavy (non-hydrogen) atoms. The number of hydrogen-bond acceptors (Lipinski definition) is 4. The lowest BCUT2D eigenvalue weighted by Gasteiger charge is -2.17. The van der Waals surface area contributed by atoms with Crippen LogP contribution in [0.25, 0.3) is 0 Å². The molecule has 2 aromatic rings. The van der Waals surface area contributed by atoms with Gasteiger partial charge in [-0.05, 0) is 38.5 Å². The number of furan rings is 1. The van der Waals surface area contributed by atoms with Gasteiger partial charge in [0.05, 0.1) is 17.5 Å². The molecular formula is C19H25IN4O3. The summed E-state index contributed by atoms with van der Waals surface area (Å²) in [6.07, 6.45) is 0. The number of nitro groups is 1. The number of nitro benzene ring substituents is 1. The highest BCUT2D eigenvalue weighted by molar-refractivity contribution is 14.0. The second kappa shape index (κ2) is 10.7. The topological polar surface area (TPSA) is 92.7 Å². The Kier molecular flexibility index (Phi) is 8.99. The Balaban J connectivity index is 0.00000364. The predicted molar refractivity (Wildman–Crippen MR) is 117 cm³/mol. The molecule has 1 aromatic carbocycles. The maximum Gasteiger partial charge on any atom is 0.269 e. The molecule has 0 aliphatic rings.